The highest BCUT2D eigenvalue weighted by molar-refractivity contribution is 7.80. The van der Waals surface area contributed by atoms with E-state index in [2.05, 4.69) is 36.2 Å². The molecule has 128 valence electrons. The lowest BCUT2D eigenvalue weighted by atomic mass is 10.2. The molecule has 0 atom stereocenters. The summed E-state index contributed by atoms with van der Waals surface area (Å²) < 4.78 is 7.60. The fraction of sp³-hybridized carbons (Fsp3) is 0.389. The number of nitrogens with zero attached hydrogens (tertiary/aromatic N) is 3. The minimum absolute atomic E-state index is 0.462. The van der Waals surface area contributed by atoms with Gasteiger partial charge in [-0.3, -0.25) is 0 Å². The van der Waals surface area contributed by atoms with Crippen molar-refractivity contribution in [3.63, 3.8) is 0 Å². The van der Waals surface area contributed by atoms with Crippen LogP contribution in [0.1, 0.15) is 27.2 Å². The molecule has 24 heavy (non-hydrogen) atoms. The van der Waals surface area contributed by atoms with E-state index in [1.54, 1.807) is 10.9 Å². The zero-order valence-corrected chi connectivity index (χ0v) is 15.2. The molecule has 1 aromatic heterocycles. The molecule has 5 nitrogen and oxygen atoms in total. The predicted molar refractivity (Wildman–Crippen MR) is 100 cm³/mol. The fourth-order valence-electron chi connectivity index (χ4n) is 1.98. The molecule has 0 unspecified atom stereocenters. The summed E-state index contributed by atoms with van der Waals surface area (Å²) in [5.74, 6) is 1.16. The summed E-state index contributed by atoms with van der Waals surface area (Å²) >= 11 is 5.26. The van der Waals surface area contributed by atoms with Gasteiger partial charge in [0.1, 0.15) is 0 Å². The largest absolute Gasteiger partial charge is 0.478 e. The molecule has 0 aliphatic rings. The maximum Gasteiger partial charge on any atom is 0.217 e. The van der Waals surface area contributed by atoms with Gasteiger partial charge in [-0.15, -0.1) is 0 Å². The number of nitrogens with one attached hydrogen (secondary N) is 1. The Morgan fingerprint density at radius 2 is 2.08 bits per heavy atom. The van der Waals surface area contributed by atoms with Gasteiger partial charge >= 0.3 is 0 Å². The second-order valence-corrected chi connectivity index (χ2v) is 6.23. The molecule has 0 radical (unpaired) electrons. The zero-order valence-electron chi connectivity index (χ0n) is 14.4. The lowest BCUT2D eigenvalue weighted by molar-refractivity contribution is 0.291. The summed E-state index contributed by atoms with van der Waals surface area (Å²) in [4.78, 5) is 4.40. The Hall–Kier alpha value is -2.21. The third-order valence-electron chi connectivity index (χ3n) is 3.13. The Kier molecular flexibility index (Phi) is 6.93. The van der Waals surface area contributed by atoms with Gasteiger partial charge in [-0.25, -0.2) is 9.67 Å². The molecule has 0 saturated heterocycles. The molecule has 0 aliphatic heterocycles. The molecule has 0 aliphatic carbocycles. The lowest BCUT2D eigenvalue weighted by Gasteiger charge is -2.12. The van der Waals surface area contributed by atoms with Crippen LogP contribution in [0.4, 0.5) is 0 Å². The zero-order chi connectivity index (χ0) is 17.4. The van der Waals surface area contributed by atoms with Gasteiger partial charge in [-0.05, 0) is 36.7 Å². The molecule has 0 spiro atoms. The van der Waals surface area contributed by atoms with Gasteiger partial charge in [0.05, 0.1) is 23.8 Å². The second-order valence-electron chi connectivity index (χ2n) is 5.84. The summed E-state index contributed by atoms with van der Waals surface area (Å²) in [6.45, 7) is 7.73. The Morgan fingerprint density at radius 1 is 1.33 bits per heavy atom. The molecule has 0 bridgehead atoms. The number of aromatic nitrogens is 2. The number of rotatable bonds is 6. The molecule has 6 heteroatoms. The monoisotopic (exact) mass is 344 g/mol. The van der Waals surface area contributed by atoms with Crippen molar-refractivity contribution in [1.82, 2.24) is 15.1 Å². The number of benzene rings is 1. The Morgan fingerprint density at radius 3 is 2.75 bits per heavy atom. The predicted octanol–water partition coefficient (Wildman–Crippen LogP) is 3.09. The average molecular weight is 344 g/mol. The minimum atomic E-state index is 0.462. The van der Waals surface area contributed by atoms with Crippen LogP contribution in [0, 0.1) is 5.92 Å². The molecule has 0 fully saturated rings. The summed E-state index contributed by atoms with van der Waals surface area (Å²) in [5.41, 5.74) is 0.940. The van der Waals surface area contributed by atoms with Crippen LogP contribution >= 0.6 is 12.2 Å². The van der Waals surface area contributed by atoms with E-state index in [-0.39, 0.29) is 0 Å². The van der Waals surface area contributed by atoms with Crippen molar-refractivity contribution < 1.29 is 4.74 Å². The van der Waals surface area contributed by atoms with E-state index in [0.29, 0.717) is 28.9 Å². The number of thiocarbonyl (C=S) groups is 1. The number of para-hydroxylation sites is 1. The van der Waals surface area contributed by atoms with Crippen LogP contribution in [0.3, 0.4) is 0 Å². The first kappa shape index (κ1) is 18.1. The summed E-state index contributed by atoms with van der Waals surface area (Å²) in [6, 6.07) is 11.7. The van der Waals surface area contributed by atoms with E-state index < -0.39 is 0 Å². The summed E-state index contributed by atoms with van der Waals surface area (Å²) in [5, 5.41) is 8.73. The summed E-state index contributed by atoms with van der Waals surface area (Å²) in [7, 11) is 0. The standard InChI is InChI=1S/C18H24N4OS/c1-4-10-23-17-11-15(21-18(24)19-12-14(2)3)13-20-22(17)16-8-6-5-7-9-16/h5-9,11,13-14H,4,10,12H2,1-3H3,(H,19,24)/b21-15+. The van der Waals surface area contributed by atoms with Crippen LogP contribution in [0.25, 0.3) is 5.69 Å². The van der Waals surface area contributed by atoms with Crippen LogP contribution in [-0.4, -0.2) is 28.0 Å². The van der Waals surface area contributed by atoms with E-state index in [1.165, 1.54) is 0 Å². The van der Waals surface area contributed by atoms with Crippen LogP contribution in [0.5, 0.6) is 5.88 Å². The molecule has 0 amide bonds. The second kappa shape index (κ2) is 9.17. The first-order valence-electron chi connectivity index (χ1n) is 8.20. The van der Waals surface area contributed by atoms with Gasteiger partial charge in [0.2, 0.25) is 5.88 Å². The number of ether oxygens (including phenoxy) is 1. The first-order chi connectivity index (χ1) is 11.6. The van der Waals surface area contributed by atoms with Crippen LogP contribution in [-0.2, 0) is 0 Å². The van der Waals surface area contributed by atoms with Gasteiger partial charge in [0.15, 0.2) is 5.11 Å². The Bertz CT molecular complexity index is 725. The molecule has 1 aromatic carbocycles. The van der Waals surface area contributed by atoms with E-state index >= 15 is 0 Å². The highest BCUT2D eigenvalue weighted by atomic mass is 32.1. The number of hydrogen-bond acceptors (Lipinski definition) is 3. The molecular formula is C18H24N4OS. The van der Waals surface area contributed by atoms with Crippen molar-refractivity contribution in [3.8, 4) is 11.6 Å². The smallest absolute Gasteiger partial charge is 0.217 e. The lowest BCUT2D eigenvalue weighted by Crippen LogP contribution is -2.26. The number of hydrogen-bond donors (Lipinski definition) is 1. The van der Waals surface area contributed by atoms with Gasteiger partial charge in [-0.2, -0.15) is 5.10 Å². The van der Waals surface area contributed by atoms with Crippen LogP contribution in [0.15, 0.2) is 47.6 Å². The molecule has 2 aromatic rings. The fourth-order valence-corrected chi connectivity index (χ4v) is 2.17. The van der Waals surface area contributed by atoms with E-state index in [0.717, 1.165) is 18.7 Å². The topological polar surface area (TPSA) is 51.4 Å². The van der Waals surface area contributed by atoms with E-state index in [4.69, 9.17) is 17.0 Å². The highest BCUT2D eigenvalue weighted by Gasteiger charge is 2.05. The molecule has 1 heterocycles. The quantitative estimate of drug-likeness (QED) is 0.818. The van der Waals surface area contributed by atoms with Gasteiger partial charge in [0, 0.05) is 12.6 Å². The Labute approximate surface area is 148 Å². The molecule has 0 saturated carbocycles. The highest BCUT2D eigenvalue weighted by Crippen LogP contribution is 2.14. The van der Waals surface area contributed by atoms with Gasteiger partial charge in [0.25, 0.3) is 0 Å². The van der Waals surface area contributed by atoms with Crippen molar-refractivity contribution in [3.05, 3.63) is 48.0 Å². The van der Waals surface area contributed by atoms with Crippen molar-refractivity contribution in [1.29, 1.82) is 0 Å². The van der Waals surface area contributed by atoms with Crippen molar-refractivity contribution in [2.75, 3.05) is 13.2 Å². The van der Waals surface area contributed by atoms with Gasteiger partial charge < -0.3 is 10.1 Å². The maximum atomic E-state index is 5.84. The minimum Gasteiger partial charge on any atom is -0.478 e. The first-order valence-corrected chi connectivity index (χ1v) is 8.61. The summed E-state index contributed by atoms with van der Waals surface area (Å²) in [6.07, 6.45) is 2.61. The van der Waals surface area contributed by atoms with E-state index in [9.17, 15) is 0 Å². The van der Waals surface area contributed by atoms with Crippen molar-refractivity contribution in [2.45, 2.75) is 27.2 Å². The third kappa shape index (κ3) is 5.45. The molecule has 1 N–H and O–H groups in total. The van der Waals surface area contributed by atoms with Crippen molar-refractivity contribution in [2.24, 2.45) is 10.9 Å². The SMILES string of the molecule is CCCOc1c/c(=N\C(=S)NCC(C)C)cnn1-c1ccccc1. The van der Waals surface area contributed by atoms with Crippen LogP contribution in [0.2, 0.25) is 0 Å². The third-order valence-corrected chi connectivity index (χ3v) is 3.37. The Balaban J connectivity index is 2.30. The maximum absolute atomic E-state index is 5.84. The average Bonchev–Trinajstić information content (AvgIpc) is 2.59. The van der Waals surface area contributed by atoms with Gasteiger partial charge in [-0.1, -0.05) is 39.0 Å². The van der Waals surface area contributed by atoms with E-state index in [1.807, 2.05) is 36.4 Å². The van der Waals surface area contributed by atoms with Crippen LogP contribution < -0.4 is 15.4 Å². The van der Waals surface area contributed by atoms with Crippen molar-refractivity contribution >= 4 is 17.3 Å². The molecular weight excluding hydrogens is 320 g/mol. The normalized spacial score (nSPS) is 11.6. The molecule has 2 rings (SSSR count).